The number of benzene rings is 2. The van der Waals surface area contributed by atoms with Gasteiger partial charge < -0.3 is 15.4 Å². The van der Waals surface area contributed by atoms with Crippen molar-refractivity contribution in [3.63, 3.8) is 0 Å². The Bertz CT molecular complexity index is 1300. The van der Waals surface area contributed by atoms with E-state index in [-0.39, 0.29) is 29.5 Å². The van der Waals surface area contributed by atoms with Gasteiger partial charge in [-0.1, -0.05) is 0 Å². The number of halogens is 6. The predicted molar refractivity (Wildman–Crippen MR) is 132 cm³/mol. The number of aromatic nitrogens is 2. The Kier molecular flexibility index (Phi) is 9.13. The molecule has 2 N–H and O–H groups in total. The fourth-order valence-electron chi connectivity index (χ4n) is 3.17. The molecule has 38 heavy (non-hydrogen) atoms. The molecule has 0 radical (unpaired) electrons. The van der Waals surface area contributed by atoms with Crippen molar-refractivity contribution >= 4 is 29.5 Å². The van der Waals surface area contributed by atoms with Crippen LogP contribution < -0.4 is 10.6 Å². The van der Waals surface area contributed by atoms with E-state index in [4.69, 9.17) is 4.74 Å². The van der Waals surface area contributed by atoms with Gasteiger partial charge in [0.15, 0.2) is 5.82 Å². The number of rotatable bonds is 8. The molecule has 13 heteroatoms. The molecule has 0 spiro atoms. The van der Waals surface area contributed by atoms with Gasteiger partial charge >= 0.3 is 12.3 Å². The normalized spacial score (nSPS) is 11.8. The molecule has 3 rings (SSSR count). The van der Waals surface area contributed by atoms with E-state index in [1.165, 1.54) is 17.8 Å². The van der Waals surface area contributed by atoms with Crippen LogP contribution in [0.1, 0.15) is 31.9 Å². The standard InChI is InChI=1S/C25H24F6N4O2S/c1-24(2,3)37-23(36)32-6-7-38-13-14-8-15(25(29,30)31)10-17(9-14)34-22-33-12-20(28)21(35-22)18-5-4-16(26)11-19(18)27/h4-5,8-12H,6-7,13H2,1-3H3,(H,32,36)(H,33,34,35). The summed E-state index contributed by atoms with van der Waals surface area (Å²) in [4.78, 5) is 19.3. The van der Waals surface area contributed by atoms with Crippen molar-refractivity contribution in [3.05, 3.63) is 71.2 Å². The highest BCUT2D eigenvalue weighted by Gasteiger charge is 2.31. The summed E-state index contributed by atoms with van der Waals surface area (Å²) in [5.41, 5.74) is -2.12. The molecular formula is C25H24F6N4O2S. The zero-order chi connectivity index (χ0) is 28.1. The van der Waals surface area contributed by atoms with Crippen LogP contribution in [0.5, 0.6) is 0 Å². The van der Waals surface area contributed by atoms with Crippen LogP contribution in [0.4, 0.5) is 42.8 Å². The number of carbonyl (C=O) groups excluding carboxylic acids is 1. The molecule has 0 aliphatic heterocycles. The maximum absolute atomic E-state index is 14.3. The molecule has 0 unspecified atom stereocenters. The minimum atomic E-state index is -4.65. The fraction of sp³-hybridized carbons (Fsp3) is 0.320. The van der Waals surface area contributed by atoms with Crippen LogP contribution in [0.2, 0.25) is 0 Å². The van der Waals surface area contributed by atoms with Gasteiger partial charge in [0.05, 0.1) is 11.8 Å². The van der Waals surface area contributed by atoms with E-state index in [1.54, 1.807) is 20.8 Å². The van der Waals surface area contributed by atoms with Gasteiger partial charge in [0, 0.05) is 35.4 Å². The van der Waals surface area contributed by atoms with E-state index in [0.717, 1.165) is 30.5 Å². The number of nitrogens with zero attached hydrogens (tertiary/aromatic N) is 2. The maximum Gasteiger partial charge on any atom is 0.416 e. The highest BCUT2D eigenvalue weighted by molar-refractivity contribution is 7.98. The largest absolute Gasteiger partial charge is 0.444 e. The number of hydrogen-bond donors (Lipinski definition) is 2. The van der Waals surface area contributed by atoms with Gasteiger partial charge in [-0.15, -0.1) is 0 Å². The number of anilines is 2. The molecule has 2 aromatic carbocycles. The number of carbonyl (C=O) groups is 1. The summed E-state index contributed by atoms with van der Waals surface area (Å²) in [5, 5.41) is 5.16. The van der Waals surface area contributed by atoms with E-state index in [1.807, 2.05) is 0 Å². The number of thioether (sulfide) groups is 1. The first-order valence-corrected chi connectivity index (χ1v) is 12.4. The Morgan fingerprint density at radius 3 is 2.42 bits per heavy atom. The van der Waals surface area contributed by atoms with Gasteiger partial charge in [-0.25, -0.2) is 27.9 Å². The molecule has 204 valence electrons. The minimum Gasteiger partial charge on any atom is -0.444 e. The van der Waals surface area contributed by atoms with Crippen LogP contribution in [-0.2, 0) is 16.7 Å². The topological polar surface area (TPSA) is 76.1 Å². The number of nitrogens with one attached hydrogen (secondary N) is 2. The summed E-state index contributed by atoms with van der Waals surface area (Å²) in [6.07, 6.45) is -4.51. The van der Waals surface area contributed by atoms with Crippen molar-refractivity contribution in [3.8, 4) is 11.3 Å². The summed E-state index contributed by atoms with van der Waals surface area (Å²) < 4.78 is 87.4. The van der Waals surface area contributed by atoms with E-state index >= 15 is 0 Å². The van der Waals surface area contributed by atoms with Gasteiger partial charge in [0.25, 0.3) is 0 Å². The molecule has 0 aliphatic carbocycles. The van der Waals surface area contributed by atoms with Crippen molar-refractivity contribution in [1.82, 2.24) is 15.3 Å². The van der Waals surface area contributed by atoms with Crippen molar-refractivity contribution in [1.29, 1.82) is 0 Å². The quantitative estimate of drug-likeness (QED) is 0.227. The zero-order valence-corrected chi connectivity index (χ0v) is 21.4. The maximum atomic E-state index is 14.3. The zero-order valence-electron chi connectivity index (χ0n) is 20.5. The van der Waals surface area contributed by atoms with Crippen LogP contribution in [0.15, 0.2) is 42.6 Å². The summed E-state index contributed by atoms with van der Waals surface area (Å²) in [6, 6.07) is 5.75. The fourth-order valence-corrected chi connectivity index (χ4v) is 3.96. The average molecular weight is 559 g/mol. The summed E-state index contributed by atoms with van der Waals surface area (Å²) in [5.74, 6) is -2.62. The van der Waals surface area contributed by atoms with Gasteiger partial charge in [-0.05, 0) is 56.7 Å². The number of alkyl carbamates (subject to hydrolysis) is 1. The molecule has 3 aromatic rings. The van der Waals surface area contributed by atoms with E-state index < -0.39 is 46.6 Å². The SMILES string of the molecule is CC(C)(C)OC(=O)NCCSCc1cc(Nc2ncc(F)c(-c3ccc(F)cc3F)n2)cc(C(F)(F)F)c1. The molecule has 1 heterocycles. The summed E-state index contributed by atoms with van der Waals surface area (Å²) in [6.45, 7) is 5.41. The first kappa shape index (κ1) is 29.1. The molecule has 1 aromatic heterocycles. The lowest BCUT2D eigenvalue weighted by molar-refractivity contribution is -0.137. The molecular weight excluding hydrogens is 534 g/mol. The second kappa shape index (κ2) is 11.9. The first-order valence-electron chi connectivity index (χ1n) is 11.2. The number of ether oxygens (including phenoxy) is 1. The molecule has 0 fully saturated rings. The number of amides is 1. The Morgan fingerprint density at radius 2 is 1.76 bits per heavy atom. The van der Waals surface area contributed by atoms with Gasteiger partial charge in [-0.3, -0.25) is 0 Å². The average Bonchev–Trinajstić information content (AvgIpc) is 2.78. The van der Waals surface area contributed by atoms with Gasteiger partial charge in [-0.2, -0.15) is 24.9 Å². The van der Waals surface area contributed by atoms with Crippen LogP contribution in [0.3, 0.4) is 0 Å². The van der Waals surface area contributed by atoms with Crippen molar-refractivity contribution in [2.75, 3.05) is 17.6 Å². The third-order valence-electron chi connectivity index (χ3n) is 4.69. The lowest BCUT2D eigenvalue weighted by Crippen LogP contribution is -2.33. The third kappa shape index (κ3) is 8.54. The highest BCUT2D eigenvalue weighted by atomic mass is 32.2. The monoisotopic (exact) mass is 558 g/mol. The molecule has 0 saturated carbocycles. The molecule has 0 bridgehead atoms. The predicted octanol–water partition coefficient (Wildman–Crippen LogP) is 7.08. The van der Waals surface area contributed by atoms with Crippen molar-refractivity contribution in [2.24, 2.45) is 0 Å². The summed E-state index contributed by atoms with van der Waals surface area (Å²) in [7, 11) is 0. The highest BCUT2D eigenvalue weighted by Crippen LogP contribution is 2.34. The molecule has 6 nitrogen and oxygen atoms in total. The van der Waals surface area contributed by atoms with Crippen LogP contribution in [0.25, 0.3) is 11.3 Å². The molecule has 1 amide bonds. The molecule has 0 aliphatic rings. The van der Waals surface area contributed by atoms with Crippen molar-refractivity contribution in [2.45, 2.75) is 38.3 Å². The van der Waals surface area contributed by atoms with E-state index in [9.17, 15) is 31.1 Å². The summed E-state index contributed by atoms with van der Waals surface area (Å²) >= 11 is 1.29. The minimum absolute atomic E-state index is 0.0283. The van der Waals surface area contributed by atoms with Gasteiger partial charge in [0.2, 0.25) is 5.95 Å². The van der Waals surface area contributed by atoms with E-state index in [0.29, 0.717) is 17.4 Å². The van der Waals surface area contributed by atoms with Crippen LogP contribution in [0, 0.1) is 17.5 Å². The Morgan fingerprint density at radius 1 is 1.03 bits per heavy atom. The van der Waals surface area contributed by atoms with Crippen LogP contribution in [-0.4, -0.2) is 34.0 Å². The number of alkyl halides is 3. The molecule has 0 saturated heterocycles. The molecule has 0 atom stereocenters. The smallest absolute Gasteiger partial charge is 0.416 e. The first-order chi connectivity index (χ1) is 17.7. The van der Waals surface area contributed by atoms with Gasteiger partial charge in [0.1, 0.15) is 22.9 Å². The van der Waals surface area contributed by atoms with E-state index in [2.05, 4.69) is 20.6 Å². The lowest BCUT2D eigenvalue weighted by atomic mass is 10.1. The lowest BCUT2D eigenvalue weighted by Gasteiger charge is -2.19. The Labute approximate surface area is 219 Å². The second-order valence-corrected chi connectivity index (χ2v) is 10.1. The third-order valence-corrected chi connectivity index (χ3v) is 5.72. The van der Waals surface area contributed by atoms with Crippen molar-refractivity contribution < 1.29 is 35.9 Å². The Hall–Kier alpha value is -3.48. The van der Waals surface area contributed by atoms with Crippen LogP contribution >= 0.6 is 11.8 Å². The number of hydrogen-bond acceptors (Lipinski definition) is 6. The second-order valence-electron chi connectivity index (χ2n) is 9.04. The Balaban J connectivity index is 1.74.